The highest BCUT2D eigenvalue weighted by atomic mass is 32.1. The largest absolute Gasteiger partial charge is 0.337 e. The third kappa shape index (κ3) is 4.03. The van der Waals surface area contributed by atoms with Gasteiger partial charge in [0.25, 0.3) is 5.91 Å². The summed E-state index contributed by atoms with van der Waals surface area (Å²) < 4.78 is 1.11. The summed E-state index contributed by atoms with van der Waals surface area (Å²) in [6.07, 6.45) is 0. The zero-order valence-corrected chi connectivity index (χ0v) is 15.0. The maximum absolute atomic E-state index is 12.4. The number of nitrogens with zero attached hydrogens (tertiary/aromatic N) is 3. The van der Waals surface area contributed by atoms with Gasteiger partial charge in [-0.2, -0.15) is 0 Å². The second kappa shape index (κ2) is 7.44. The first-order valence-corrected chi connectivity index (χ1v) is 8.75. The average molecular weight is 353 g/mol. The molecular formula is C19H19N3O2S. The molecule has 1 heterocycles. The molecule has 0 atom stereocenters. The van der Waals surface area contributed by atoms with Gasteiger partial charge in [-0.05, 0) is 24.3 Å². The van der Waals surface area contributed by atoms with Crippen molar-refractivity contribution in [1.29, 1.82) is 0 Å². The molecule has 0 spiro atoms. The highest BCUT2D eigenvalue weighted by Crippen LogP contribution is 2.22. The fourth-order valence-electron chi connectivity index (χ4n) is 2.48. The molecule has 0 unspecified atom stereocenters. The first kappa shape index (κ1) is 17.1. The predicted octanol–water partition coefficient (Wildman–Crippen LogP) is 3.03. The highest BCUT2D eigenvalue weighted by Gasteiger charge is 2.18. The van der Waals surface area contributed by atoms with Crippen molar-refractivity contribution in [3.05, 3.63) is 65.2 Å². The van der Waals surface area contributed by atoms with E-state index in [1.54, 1.807) is 42.5 Å². The Kier molecular flexibility index (Phi) is 5.09. The van der Waals surface area contributed by atoms with Crippen LogP contribution in [0.2, 0.25) is 0 Å². The number of aromatic nitrogens is 1. The Morgan fingerprint density at radius 2 is 1.64 bits per heavy atom. The van der Waals surface area contributed by atoms with E-state index in [9.17, 15) is 9.59 Å². The lowest BCUT2D eigenvalue weighted by Crippen LogP contribution is -2.39. The van der Waals surface area contributed by atoms with Crippen LogP contribution in [0, 0.1) is 0 Å². The smallest absolute Gasteiger partial charge is 0.254 e. The lowest BCUT2D eigenvalue weighted by molar-refractivity contribution is -0.130. The van der Waals surface area contributed by atoms with Crippen molar-refractivity contribution in [3.8, 4) is 0 Å². The summed E-state index contributed by atoms with van der Waals surface area (Å²) in [5.41, 5.74) is 1.52. The molecule has 1 aromatic heterocycles. The number of likely N-dealkylation sites (N-methyl/N-ethyl adjacent to an activating group) is 2. The fourth-order valence-corrected chi connectivity index (χ4v) is 3.50. The molecule has 0 fully saturated rings. The molecule has 6 heteroatoms. The summed E-state index contributed by atoms with van der Waals surface area (Å²) in [6, 6.07) is 16.9. The SMILES string of the molecule is CN(Cc1nc2ccccc2s1)C(=O)CN(C)C(=O)c1ccccc1. The van der Waals surface area contributed by atoms with Crippen molar-refractivity contribution in [2.75, 3.05) is 20.6 Å². The average Bonchev–Trinajstić information content (AvgIpc) is 3.03. The van der Waals surface area contributed by atoms with Gasteiger partial charge in [0.1, 0.15) is 5.01 Å². The number of benzene rings is 2. The number of hydrogen-bond acceptors (Lipinski definition) is 4. The van der Waals surface area contributed by atoms with Gasteiger partial charge in [-0.1, -0.05) is 30.3 Å². The second-order valence-electron chi connectivity index (χ2n) is 5.85. The van der Waals surface area contributed by atoms with Gasteiger partial charge in [0, 0.05) is 19.7 Å². The molecule has 0 saturated heterocycles. The van der Waals surface area contributed by atoms with E-state index in [1.807, 2.05) is 42.5 Å². The minimum atomic E-state index is -0.165. The van der Waals surface area contributed by atoms with E-state index < -0.39 is 0 Å². The van der Waals surface area contributed by atoms with Gasteiger partial charge in [-0.15, -0.1) is 11.3 Å². The highest BCUT2D eigenvalue weighted by molar-refractivity contribution is 7.18. The summed E-state index contributed by atoms with van der Waals surface area (Å²) in [6.45, 7) is 0.473. The molecule has 2 amide bonds. The van der Waals surface area contributed by atoms with Gasteiger partial charge in [-0.25, -0.2) is 4.98 Å². The number of fused-ring (bicyclic) bond motifs is 1. The molecular weight excluding hydrogens is 334 g/mol. The number of carbonyl (C=O) groups is 2. The summed E-state index contributed by atoms with van der Waals surface area (Å²) >= 11 is 1.58. The zero-order valence-electron chi connectivity index (χ0n) is 14.2. The van der Waals surface area contributed by atoms with Crippen molar-refractivity contribution in [2.24, 2.45) is 0 Å². The molecule has 0 N–H and O–H groups in total. The summed E-state index contributed by atoms with van der Waals surface area (Å²) in [5.74, 6) is -0.284. The van der Waals surface area contributed by atoms with Crippen molar-refractivity contribution >= 4 is 33.4 Å². The van der Waals surface area contributed by atoms with Crippen LogP contribution in [0.1, 0.15) is 15.4 Å². The van der Waals surface area contributed by atoms with E-state index in [0.29, 0.717) is 12.1 Å². The van der Waals surface area contributed by atoms with Crippen molar-refractivity contribution in [1.82, 2.24) is 14.8 Å². The Labute approximate surface area is 150 Å². The fraction of sp³-hybridized carbons (Fsp3) is 0.211. The molecule has 128 valence electrons. The quantitative estimate of drug-likeness (QED) is 0.708. The molecule has 0 aliphatic heterocycles. The maximum Gasteiger partial charge on any atom is 0.254 e. The summed E-state index contributed by atoms with van der Waals surface area (Å²) in [7, 11) is 3.37. The first-order valence-electron chi connectivity index (χ1n) is 7.93. The molecule has 5 nitrogen and oxygen atoms in total. The van der Waals surface area contributed by atoms with E-state index in [1.165, 1.54) is 4.90 Å². The molecule has 25 heavy (non-hydrogen) atoms. The summed E-state index contributed by atoms with van der Waals surface area (Å²) in [4.78, 5) is 32.3. The minimum absolute atomic E-state index is 0.0368. The topological polar surface area (TPSA) is 53.5 Å². The number of carbonyl (C=O) groups excluding carboxylic acids is 2. The van der Waals surface area contributed by atoms with E-state index in [0.717, 1.165) is 15.2 Å². The van der Waals surface area contributed by atoms with E-state index >= 15 is 0 Å². The number of amides is 2. The van der Waals surface area contributed by atoms with Crippen LogP contribution in [0.15, 0.2) is 54.6 Å². The molecule has 0 aliphatic carbocycles. The third-order valence-electron chi connectivity index (χ3n) is 3.88. The normalized spacial score (nSPS) is 10.6. The molecule has 3 rings (SSSR count). The molecule has 0 bridgehead atoms. The monoisotopic (exact) mass is 353 g/mol. The predicted molar refractivity (Wildman–Crippen MR) is 99.5 cm³/mol. The zero-order chi connectivity index (χ0) is 17.8. The first-order chi connectivity index (χ1) is 12.0. The third-order valence-corrected chi connectivity index (χ3v) is 4.90. The van der Waals surface area contributed by atoms with Crippen LogP contribution in [0.25, 0.3) is 10.2 Å². The number of rotatable bonds is 5. The van der Waals surface area contributed by atoms with Crippen LogP contribution < -0.4 is 0 Å². The lowest BCUT2D eigenvalue weighted by atomic mass is 10.2. The summed E-state index contributed by atoms with van der Waals surface area (Å²) in [5, 5.41) is 0.883. The van der Waals surface area contributed by atoms with Crippen LogP contribution in [-0.2, 0) is 11.3 Å². The second-order valence-corrected chi connectivity index (χ2v) is 6.97. The Morgan fingerprint density at radius 1 is 0.960 bits per heavy atom. The number of para-hydroxylation sites is 1. The van der Waals surface area contributed by atoms with Gasteiger partial charge in [0.15, 0.2) is 0 Å². The molecule has 3 aromatic rings. The van der Waals surface area contributed by atoms with Crippen molar-refractivity contribution in [3.63, 3.8) is 0 Å². The molecule has 0 radical (unpaired) electrons. The Morgan fingerprint density at radius 3 is 2.36 bits per heavy atom. The van der Waals surface area contributed by atoms with E-state index in [-0.39, 0.29) is 18.4 Å². The molecule has 0 saturated carbocycles. The van der Waals surface area contributed by atoms with Gasteiger partial charge in [0.2, 0.25) is 5.91 Å². The number of thiazole rings is 1. The number of hydrogen-bond donors (Lipinski definition) is 0. The minimum Gasteiger partial charge on any atom is -0.337 e. The van der Waals surface area contributed by atoms with Gasteiger partial charge in [-0.3, -0.25) is 9.59 Å². The van der Waals surface area contributed by atoms with Gasteiger partial charge in [0.05, 0.1) is 23.3 Å². The standard InChI is InChI=1S/C19H19N3O2S/c1-21(12-17-20-15-10-6-7-11-16(15)25-17)18(23)13-22(2)19(24)14-8-4-3-5-9-14/h3-11H,12-13H2,1-2H3. The van der Waals surface area contributed by atoms with E-state index in [4.69, 9.17) is 0 Å². The lowest BCUT2D eigenvalue weighted by Gasteiger charge is -2.21. The van der Waals surface area contributed by atoms with Crippen LogP contribution >= 0.6 is 11.3 Å². The maximum atomic E-state index is 12.4. The Bertz CT molecular complexity index is 859. The van der Waals surface area contributed by atoms with Crippen LogP contribution in [0.3, 0.4) is 0 Å². The van der Waals surface area contributed by atoms with Gasteiger partial charge < -0.3 is 9.80 Å². The van der Waals surface area contributed by atoms with Crippen LogP contribution in [0.5, 0.6) is 0 Å². The van der Waals surface area contributed by atoms with Gasteiger partial charge >= 0.3 is 0 Å². The van der Waals surface area contributed by atoms with Crippen molar-refractivity contribution < 1.29 is 9.59 Å². The molecule has 2 aromatic carbocycles. The molecule has 0 aliphatic rings. The van der Waals surface area contributed by atoms with Crippen LogP contribution in [0.4, 0.5) is 0 Å². The van der Waals surface area contributed by atoms with E-state index in [2.05, 4.69) is 4.98 Å². The Balaban J connectivity index is 1.61. The van der Waals surface area contributed by atoms with Crippen molar-refractivity contribution in [2.45, 2.75) is 6.54 Å². The van der Waals surface area contributed by atoms with Crippen LogP contribution in [-0.4, -0.2) is 47.2 Å². The Hall–Kier alpha value is -2.73.